The van der Waals surface area contributed by atoms with Gasteiger partial charge in [-0.25, -0.2) is 0 Å². The van der Waals surface area contributed by atoms with Gasteiger partial charge < -0.3 is 5.32 Å². The van der Waals surface area contributed by atoms with Gasteiger partial charge in [-0.1, -0.05) is 60.7 Å². The lowest BCUT2D eigenvalue weighted by atomic mass is 9.88. The van der Waals surface area contributed by atoms with Gasteiger partial charge in [0, 0.05) is 18.7 Å². The first-order valence-corrected chi connectivity index (χ1v) is 7.25. The van der Waals surface area contributed by atoms with Gasteiger partial charge in [0.25, 0.3) is 0 Å². The van der Waals surface area contributed by atoms with Crippen molar-refractivity contribution in [3.63, 3.8) is 0 Å². The van der Waals surface area contributed by atoms with Crippen LogP contribution in [0.15, 0.2) is 65.8 Å². The van der Waals surface area contributed by atoms with Crippen molar-refractivity contribution in [3.8, 4) is 0 Å². The first-order chi connectivity index (χ1) is 10.2. The van der Waals surface area contributed by atoms with Crippen LogP contribution in [-0.2, 0) is 0 Å². The number of rotatable bonds is 4. The second-order valence-electron chi connectivity index (χ2n) is 4.70. The molecule has 0 aliphatic heterocycles. The van der Waals surface area contributed by atoms with Crippen LogP contribution in [0.2, 0.25) is 0 Å². The van der Waals surface area contributed by atoms with Gasteiger partial charge >= 0.3 is 0 Å². The Morgan fingerprint density at radius 3 is 1.86 bits per heavy atom. The lowest BCUT2D eigenvalue weighted by Crippen LogP contribution is -2.30. The molecule has 0 heterocycles. The van der Waals surface area contributed by atoms with E-state index in [1.165, 1.54) is 11.1 Å². The monoisotopic (exact) mass is 297 g/mol. The van der Waals surface area contributed by atoms with Crippen LogP contribution in [0.25, 0.3) is 0 Å². The number of thiocarbonyl (C=S) groups is 1. The van der Waals surface area contributed by atoms with E-state index >= 15 is 0 Å². The second-order valence-corrected chi connectivity index (χ2v) is 5.11. The summed E-state index contributed by atoms with van der Waals surface area (Å²) in [6.07, 6.45) is 0. The lowest BCUT2D eigenvalue weighted by molar-refractivity contribution is 0.943. The highest BCUT2D eigenvalue weighted by molar-refractivity contribution is 7.80. The first-order valence-electron chi connectivity index (χ1n) is 6.84. The Morgan fingerprint density at radius 1 is 0.952 bits per heavy atom. The van der Waals surface area contributed by atoms with Crippen molar-refractivity contribution in [1.29, 1.82) is 0 Å². The number of nitrogens with one attached hydrogen (secondary N) is 2. The topological polar surface area (TPSA) is 36.4 Å². The van der Waals surface area contributed by atoms with Gasteiger partial charge in [0.2, 0.25) is 0 Å². The number of hydrazone groups is 1. The average Bonchev–Trinajstić information content (AvgIpc) is 2.55. The fraction of sp³-hybridized carbons (Fsp3) is 0.176. The van der Waals surface area contributed by atoms with Crippen LogP contribution < -0.4 is 10.7 Å². The van der Waals surface area contributed by atoms with Crippen LogP contribution in [0, 0.1) is 0 Å². The molecule has 2 N–H and O–H groups in total. The van der Waals surface area contributed by atoms with Crippen LogP contribution in [-0.4, -0.2) is 17.9 Å². The van der Waals surface area contributed by atoms with Gasteiger partial charge in [-0.15, -0.1) is 0 Å². The van der Waals surface area contributed by atoms with Gasteiger partial charge in [0.05, 0.1) is 0 Å². The molecule has 0 aromatic heterocycles. The summed E-state index contributed by atoms with van der Waals surface area (Å²) in [5.41, 5.74) is 6.24. The summed E-state index contributed by atoms with van der Waals surface area (Å²) in [6.45, 7) is 2.01. The second kappa shape index (κ2) is 7.55. The molecule has 0 aliphatic rings. The highest BCUT2D eigenvalue weighted by atomic mass is 32.1. The van der Waals surface area contributed by atoms with E-state index in [0.29, 0.717) is 5.11 Å². The van der Waals surface area contributed by atoms with Crippen molar-refractivity contribution in [3.05, 3.63) is 71.8 Å². The van der Waals surface area contributed by atoms with E-state index in [2.05, 4.69) is 40.1 Å². The maximum Gasteiger partial charge on any atom is 0.186 e. The van der Waals surface area contributed by atoms with E-state index in [-0.39, 0.29) is 5.92 Å². The maximum absolute atomic E-state index is 5.06. The van der Waals surface area contributed by atoms with Crippen molar-refractivity contribution < 1.29 is 0 Å². The molecule has 2 aromatic carbocycles. The molecule has 0 saturated heterocycles. The molecular weight excluding hydrogens is 278 g/mol. The Kier molecular flexibility index (Phi) is 5.46. The minimum Gasteiger partial charge on any atom is -0.364 e. The summed E-state index contributed by atoms with van der Waals surface area (Å²) in [5, 5.41) is 7.77. The van der Waals surface area contributed by atoms with Gasteiger partial charge in [0.15, 0.2) is 5.11 Å². The zero-order valence-corrected chi connectivity index (χ0v) is 13.0. The molecule has 0 aliphatic carbocycles. The maximum atomic E-state index is 5.06. The molecule has 2 rings (SSSR count). The summed E-state index contributed by atoms with van der Waals surface area (Å²) in [5.74, 6) is 0.111. The molecule has 0 radical (unpaired) electrons. The molecule has 0 amide bonds. The lowest BCUT2D eigenvalue weighted by Gasteiger charge is -2.18. The molecule has 21 heavy (non-hydrogen) atoms. The van der Waals surface area contributed by atoms with E-state index in [4.69, 9.17) is 12.2 Å². The van der Waals surface area contributed by atoms with Crippen molar-refractivity contribution >= 4 is 23.0 Å². The van der Waals surface area contributed by atoms with Gasteiger partial charge in [0.1, 0.15) is 0 Å². The number of hydrogen-bond acceptors (Lipinski definition) is 2. The molecule has 4 heteroatoms. The number of hydrogen-bond donors (Lipinski definition) is 2. The van der Waals surface area contributed by atoms with E-state index in [0.717, 1.165) is 5.71 Å². The molecule has 3 nitrogen and oxygen atoms in total. The average molecular weight is 297 g/mol. The smallest absolute Gasteiger partial charge is 0.186 e. The predicted octanol–water partition coefficient (Wildman–Crippen LogP) is 3.29. The van der Waals surface area contributed by atoms with Crippen molar-refractivity contribution in [1.82, 2.24) is 10.7 Å². The van der Waals surface area contributed by atoms with E-state index in [1.54, 1.807) is 7.05 Å². The molecule has 0 spiro atoms. The zero-order valence-electron chi connectivity index (χ0n) is 12.2. The molecule has 0 fully saturated rings. The minimum absolute atomic E-state index is 0.111. The Balaban J connectivity index is 2.35. The summed E-state index contributed by atoms with van der Waals surface area (Å²) in [6, 6.07) is 20.7. The number of nitrogens with zero attached hydrogens (tertiary/aromatic N) is 1. The van der Waals surface area contributed by atoms with Gasteiger partial charge in [-0.3, -0.25) is 5.43 Å². The van der Waals surface area contributed by atoms with Crippen molar-refractivity contribution in [2.75, 3.05) is 7.05 Å². The fourth-order valence-corrected chi connectivity index (χ4v) is 2.27. The minimum atomic E-state index is 0.111. The largest absolute Gasteiger partial charge is 0.364 e. The van der Waals surface area contributed by atoms with Crippen LogP contribution in [0.5, 0.6) is 0 Å². The van der Waals surface area contributed by atoms with Crippen LogP contribution >= 0.6 is 12.2 Å². The van der Waals surface area contributed by atoms with Crippen LogP contribution in [0.3, 0.4) is 0 Å². The van der Waals surface area contributed by atoms with Gasteiger partial charge in [-0.2, -0.15) is 5.10 Å². The first kappa shape index (κ1) is 15.2. The Bertz CT molecular complexity index is 569. The molecular formula is C17H19N3S. The third-order valence-corrected chi connectivity index (χ3v) is 3.54. The Labute approximate surface area is 131 Å². The van der Waals surface area contributed by atoms with E-state index < -0.39 is 0 Å². The number of benzene rings is 2. The normalized spacial score (nSPS) is 11.3. The SMILES string of the molecule is CNC(=S)NN=C(C)C(c1ccccc1)c1ccccc1. The predicted molar refractivity (Wildman–Crippen MR) is 92.6 cm³/mol. The van der Waals surface area contributed by atoms with E-state index in [9.17, 15) is 0 Å². The van der Waals surface area contributed by atoms with Crippen molar-refractivity contribution in [2.45, 2.75) is 12.8 Å². The molecule has 0 saturated carbocycles. The third kappa shape index (κ3) is 4.13. The Hall–Kier alpha value is -2.20. The Morgan fingerprint density at radius 2 is 1.43 bits per heavy atom. The molecule has 0 atom stereocenters. The van der Waals surface area contributed by atoms with Crippen molar-refractivity contribution in [2.24, 2.45) is 5.10 Å². The molecule has 108 valence electrons. The summed E-state index contributed by atoms with van der Waals surface area (Å²) < 4.78 is 0. The third-order valence-electron chi connectivity index (χ3n) is 3.24. The molecule has 0 unspecified atom stereocenters. The van der Waals surface area contributed by atoms with Crippen LogP contribution in [0.1, 0.15) is 24.0 Å². The molecule has 0 bridgehead atoms. The molecule has 2 aromatic rings. The van der Waals surface area contributed by atoms with E-state index in [1.807, 2.05) is 43.3 Å². The van der Waals surface area contributed by atoms with Gasteiger partial charge in [-0.05, 0) is 30.3 Å². The van der Waals surface area contributed by atoms with Crippen LogP contribution in [0.4, 0.5) is 0 Å². The highest BCUT2D eigenvalue weighted by Crippen LogP contribution is 2.25. The standard InChI is InChI=1S/C17H19N3S/c1-13(19-20-17(21)18-2)16(14-9-5-3-6-10-14)15-11-7-4-8-12-15/h3-12,16H,1-2H3,(H2,18,20,21). The zero-order chi connectivity index (χ0) is 15.1. The highest BCUT2D eigenvalue weighted by Gasteiger charge is 2.17. The summed E-state index contributed by atoms with van der Waals surface area (Å²) >= 11 is 5.06. The summed E-state index contributed by atoms with van der Waals surface area (Å²) in [7, 11) is 1.77. The quantitative estimate of drug-likeness (QED) is 0.516. The summed E-state index contributed by atoms with van der Waals surface area (Å²) in [4.78, 5) is 0. The fourth-order valence-electron chi connectivity index (χ4n) is 2.23.